The number of aromatic nitrogens is 4. The topological polar surface area (TPSA) is 46.3 Å². The average molecular weight is 368 g/mol. The molecule has 0 aliphatic carbocycles. The van der Waals surface area contributed by atoms with Crippen LogP contribution in [0.15, 0.2) is 18.5 Å². The van der Waals surface area contributed by atoms with E-state index in [-0.39, 0.29) is 16.5 Å². The zero-order chi connectivity index (χ0) is 17.7. The van der Waals surface area contributed by atoms with E-state index in [4.69, 9.17) is 11.6 Å². The van der Waals surface area contributed by atoms with Crippen LogP contribution in [-0.2, 0) is 0 Å². The van der Waals surface area contributed by atoms with Crippen LogP contribution >= 0.6 is 11.6 Å². The van der Waals surface area contributed by atoms with E-state index in [1.54, 1.807) is 0 Å². The van der Waals surface area contributed by atoms with E-state index in [1.807, 2.05) is 4.90 Å². The Bertz CT molecular complexity index is 951. The number of anilines is 1. The van der Waals surface area contributed by atoms with Crippen LogP contribution in [0.1, 0.15) is 13.3 Å². The predicted octanol–water partition coefficient (Wildman–Crippen LogP) is 3.71. The lowest BCUT2D eigenvalue weighted by Crippen LogP contribution is -2.24. The SMILES string of the molecule is CC1CCN(c2c(-c3c(F)cc(F)cc3F)c(Cl)nc3ncnn23)C1. The molecule has 0 saturated carbocycles. The predicted molar refractivity (Wildman–Crippen MR) is 87.1 cm³/mol. The van der Waals surface area contributed by atoms with Crippen molar-refractivity contribution in [1.29, 1.82) is 0 Å². The summed E-state index contributed by atoms with van der Waals surface area (Å²) < 4.78 is 43.6. The number of halogens is 4. The Morgan fingerprint density at radius 3 is 2.52 bits per heavy atom. The Balaban J connectivity index is 2.05. The first-order chi connectivity index (χ1) is 12.0. The molecule has 9 heteroatoms. The van der Waals surface area contributed by atoms with E-state index in [1.165, 1.54) is 10.8 Å². The van der Waals surface area contributed by atoms with Crippen LogP contribution in [-0.4, -0.2) is 32.7 Å². The van der Waals surface area contributed by atoms with Gasteiger partial charge in [-0.1, -0.05) is 18.5 Å². The summed E-state index contributed by atoms with van der Waals surface area (Å²) in [4.78, 5) is 10.0. The molecule has 1 aliphatic rings. The lowest BCUT2D eigenvalue weighted by atomic mass is 10.1. The second kappa shape index (κ2) is 5.87. The van der Waals surface area contributed by atoms with Gasteiger partial charge in [0, 0.05) is 25.2 Å². The van der Waals surface area contributed by atoms with E-state index in [9.17, 15) is 13.2 Å². The quantitative estimate of drug-likeness (QED) is 0.648. The molecule has 1 aliphatic heterocycles. The molecular formula is C16H13ClF3N5. The van der Waals surface area contributed by atoms with Crippen LogP contribution in [0.5, 0.6) is 0 Å². The second-order valence-corrected chi connectivity index (χ2v) is 6.52. The molecule has 1 fully saturated rings. The number of rotatable bonds is 2. The number of benzene rings is 1. The smallest absolute Gasteiger partial charge is 0.255 e. The first-order valence-electron chi connectivity index (χ1n) is 7.74. The van der Waals surface area contributed by atoms with Crippen molar-refractivity contribution >= 4 is 23.2 Å². The van der Waals surface area contributed by atoms with Crippen molar-refractivity contribution in [3.05, 3.63) is 41.1 Å². The number of hydrogen-bond acceptors (Lipinski definition) is 4. The average Bonchev–Trinajstić information content (AvgIpc) is 3.15. The lowest BCUT2D eigenvalue weighted by Gasteiger charge is -2.23. The third-order valence-corrected chi connectivity index (χ3v) is 4.61. The molecule has 3 heterocycles. The van der Waals surface area contributed by atoms with Crippen molar-refractivity contribution in [2.45, 2.75) is 13.3 Å². The number of nitrogens with zero attached hydrogens (tertiary/aromatic N) is 5. The van der Waals surface area contributed by atoms with E-state index in [0.717, 1.165) is 6.42 Å². The molecule has 1 unspecified atom stereocenters. The van der Waals surface area contributed by atoms with Gasteiger partial charge in [0.25, 0.3) is 5.78 Å². The van der Waals surface area contributed by atoms with E-state index >= 15 is 0 Å². The van der Waals surface area contributed by atoms with Gasteiger partial charge < -0.3 is 4.90 Å². The largest absolute Gasteiger partial charge is 0.356 e. The maximum Gasteiger partial charge on any atom is 0.255 e. The summed E-state index contributed by atoms with van der Waals surface area (Å²) in [6.07, 6.45) is 2.22. The highest BCUT2D eigenvalue weighted by molar-refractivity contribution is 6.33. The third kappa shape index (κ3) is 2.60. The van der Waals surface area contributed by atoms with Gasteiger partial charge in [0.15, 0.2) is 0 Å². The summed E-state index contributed by atoms with van der Waals surface area (Å²) in [5.74, 6) is -2.06. The molecular weight excluding hydrogens is 355 g/mol. The molecule has 0 radical (unpaired) electrons. The standard InChI is InChI=1S/C16H13ClF3N5/c1-8-2-3-24(6-8)15-13(12-10(19)4-9(18)5-11(12)20)14(17)23-16-21-7-22-25(15)16/h4-5,7-8H,2-3,6H2,1H3. The molecule has 4 rings (SSSR count). The van der Waals surface area contributed by atoms with Crippen molar-refractivity contribution in [3.8, 4) is 11.1 Å². The van der Waals surface area contributed by atoms with Gasteiger partial charge in [-0.2, -0.15) is 19.6 Å². The van der Waals surface area contributed by atoms with Crippen molar-refractivity contribution in [3.63, 3.8) is 0 Å². The van der Waals surface area contributed by atoms with Gasteiger partial charge in [-0.3, -0.25) is 0 Å². The molecule has 3 aromatic rings. The Labute approximate surface area is 146 Å². The molecule has 2 aromatic heterocycles. The summed E-state index contributed by atoms with van der Waals surface area (Å²) in [6, 6.07) is 1.24. The molecule has 0 amide bonds. The normalized spacial score (nSPS) is 17.6. The summed E-state index contributed by atoms with van der Waals surface area (Å²) in [5, 5.41) is 4.00. The highest BCUT2D eigenvalue weighted by Crippen LogP contribution is 2.40. The first-order valence-corrected chi connectivity index (χ1v) is 8.12. The maximum atomic E-state index is 14.4. The van der Waals surface area contributed by atoms with Crippen LogP contribution in [0, 0.1) is 23.4 Å². The van der Waals surface area contributed by atoms with Gasteiger partial charge in [0.05, 0.1) is 11.1 Å². The second-order valence-electron chi connectivity index (χ2n) is 6.16. The monoisotopic (exact) mass is 367 g/mol. The van der Waals surface area contributed by atoms with Crippen molar-refractivity contribution in [2.75, 3.05) is 18.0 Å². The Morgan fingerprint density at radius 2 is 1.88 bits per heavy atom. The first kappa shape index (κ1) is 16.1. The Hall–Kier alpha value is -2.35. The fourth-order valence-electron chi connectivity index (χ4n) is 3.22. The van der Waals surface area contributed by atoms with E-state index < -0.39 is 23.0 Å². The van der Waals surface area contributed by atoms with Gasteiger partial charge in [-0.05, 0) is 12.3 Å². The van der Waals surface area contributed by atoms with Crippen LogP contribution in [0.2, 0.25) is 5.15 Å². The Morgan fingerprint density at radius 1 is 1.16 bits per heavy atom. The van der Waals surface area contributed by atoms with Crippen LogP contribution in [0.3, 0.4) is 0 Å². The Kier molecular flexibility index (Phi) is 3.79. The minimum absolute atomic E-state index is 0.0452. The molecule has 0 bridgehead atoms. The van der Waals surface area contributed by atoms with E-state index in [0.29, 0.717) is 37.0 Å². The maximum absolute atomic E-state index is 14.4. The van der Waals surface area contributed by atoms with Crippen LogP contribution in [0.25, 0.3) is 16.9 Å². The molecule has 1 aromatic carbocycles. The van der Waals surface area contributed by atoms with Crippen molar-refractivity contribution in [2.24, 2.45) is 5.92 Å². The molecule has 0 N–H and O–H groups in total. The number of hydrogen-bond donors (Lipinski definition) is 0. The summed E-state index contributed by atoms with van der Waals surface area (Å²) >= 11 is 6.25. The summed E-state index contributed by atoms with van der Waals surface area (Å²) in [7, 11) is 0. The molecule has 5 nitrogen and oxygen atoms in total. The van der Waals surface area contributed by atoms with Crippen LogP contribution < -0.4 is 4.90 Å². The highest BCUT2D eigenvalue weighted by Gasteiger charge is 2.30. The fourth-order valence-corrected chi connectivity index (χ4v) is 3.47. The van der Waals surface area contributed by atoms with Crippen molar-refractivity contribution < 1.29 is 13.2 Å². The van der Waals surface area contributed by atoms with Gasteiger partial charge in [0.2, 0.25) is 0 Å². The van der Waals surface area contributed by atoms with Crippen LogP contribution in [0.4, 0.5) is 19.0 Å². The van der Waals surface area contributed by atoms with Gasteiger partial charge >= 0.3 is 0 Å². The fraction of sp³-hybridized carbons (Fsp3) is 0.312. The summed E-state index contributed by atoms with van der Waals surface area (Å²) in [6.45, 7) is 3.43. The molecule has 1 atom stereocenters. The zero-order valence-electron chi connectivity index (χ0n) is 13.2. The lowest BCUT2D eigenvalue weighted by molar-refractivity contribution is 0.547. The van der Waals surface area contributed by atoms with Gasteiger partial charge in [-0.15, -0.1) is 0 Å². The van der Waals surface area contributed by atoms with E-state index in [2.05, 4.69) is 22.0 Å². The van der Waals surface area contributed by atoms with Gasteiger partial charge in [-0.25, -0.2) is 13.2 Å². The third-order valence-electron chi connectivity index (χ3n) is 4.34. The highest BCUT2D eigenvalue weighted by atomic mass is 35.5. The van der Waals surface area contributed by atoms with Crippen molar-refractivity contribution in [1.82, 2.24) is 19.6 Å². The minimum atomic E-state index is -1.05. The zero-order valence-corrected chi connectivity index (χ0v) is 13.9. The number of fused-ring (bicyclic) bond motifs is 1. The van der Waals surface area contributed by atoms with Gasteiger partial charge in [0.1, 0.15) is 34.7 Å². The minimum Gasteiger partial charge on any atom is -0.356 e. The molecule has 25 heavy (non-hydrogen) atoms. The molecule has 130 valence electrons. The summed E-state index contributed by atoms with van der Waals surface area (Å²) in [5.41, 5.74) is -0.380. The molecule has 0 spiro atoms. The molecule has 1 saturated heterocycles.